The first-order valence-electron chi connectivity index (χ1n) is 6.63. The van der Waals surface area contributed by atoms with Gasteiger partial charge in [0.25, 0.3) is 0 Å². The normalized spacial score (nSPS) is 18.8. The molecule has 1 unspecified atom stereocenters. The number of nitrogens with zero attached hydrogens (tertiary/aromatic N) is 2. The molecule has 1 rings (SSSR count). The number of hydrogen-bond acceptors (Lipinski definition) is 2. The summed E-state index contributed by atoms with van der Waals surface area (Å²) in [5.74, 6) is 0. The van der Waals surface area contributed by atoms with E-state index in [9.17, 15) is 0 Å². The summed E-state index contributed by atoms with van der Waals surface area (Å²) in [6.07, 6.45) is 5.55. The van der Waals surface area contributed by atoms with Crippen molar-refractivity contribution in [3.8, 4) is 0 Å². The maximum Gasteiger partial charge on any atom is 0.00961 e. The fourth-order valence-electron chi connectivity index (χ4n) is 2.20. The van der Waals surface area contributed by atoms with Crippen molar-refractivity contribution in [2.45, 2.75) is 58.5 Å². The first-order chi connectivity index (χ1) is 7.19. The highest BCUT2D eigenvalue weighted by Crippen LogP contribution is 2.27. The van der Waals surface area contributed by atoms with Crippen LogP contribution < -0.4 is 0 Å². The zero-order chi connectivity index (χ0) is 11.3. The van der Waals surface area contributed by atoms with Crippen LogP contribution in [0.3, 0.4) is 0 Å². The molecular formula is C13H28N2. The van der Waals surface area contributed by atoms with Crippen molar-refractivity contribution in [2.24, 2.45) is 0 Å². The highest BCUT2D eigenvalue weighted by atomic mass is 15.2. The van der Waals surface area contributed by atoms with Crippen molar-refractivity contribution in [2.75, 3.05) is 26.7 Å². The van der Waals surface area contributed by atoms with Crippen LogP contribution in [-0.4, -0.2) is 48.6 Å². The SMILES string of the molecule is CCN(CC)CCCC(C)N(C)C1CC1. The summed E-state index contributed by atoms with van der Waals surface area (Å²) in [6.45, 7) is 10.6. The zero-order valence-corrected chi connectivity index (χ0v) is 11.0. The van der Waals surface area contributed by atoms with Crippen LogP contribution in [0.2, 0.25) is 0 Å². The van der Waals surface area contributed by atoms with Crippen molar-refractivity contribution in [1.82, 2.24) is 9.80 Å². The lowest BCUT2D eigenvalue weighted by atomic mass is 10.1. The Hall–Kier alpha value is -0.0800. The maximum atomic E-state index is 2.57. The molecular weight excluding hydrogens is 184 g/mol. The lowest BCUT2D eigenvalue weighted by Crippen LogP contribution is -2.32. The van der Waals surface area contributed by atoms with E-state index in [4.69, 9.17) is 0 Å². The van der Waals surface area contributed by atoms with Gasteiger partial charge in [-0.1, -0.05) is 13.8 Å². The standard InChI is InChI=1S/C13H28N2/c1-5-15(6-2)11-7-8-12(3)14(4)13-9-10-13/h12-13H,5-11H2,1-4H3. The largest absolute Gasteiger partial charge is 0.304 e. The highest BCUT2D eigenvalue weighted by molar-refractivity contribution is 4.85. The second-order valence-corrected chi connectivity index (χ2v) is 4.91. The highest BCUT2D eigenvalue weighted by Gasteiger charge is 2.28. The van der Waals surface area contributed by atoms with Gasteiger partial charge in [-0.05, 0) is 59.3 Å². The average molecular weight is 212 g/mol. The molecule has 1 atom stereocenters. The van der Waals surface area contributed by atoms with Gasteiger partial charge in [-0.25, -0.2) is 0 Å². The Kier molecular flexibility index (Phi) is 5.62. The van der Waals surface area contributed by atoms with Gasteiger partial charge in [-0.3, -0.25) is 0 Å². The van der Waals surface area contributed by atoms with Crippen LogP contribution in [0.25, 0.3) is 0 Å². The van der Waals surface area contributed by atoms with Crippen LogP contribution >= 0.6 is 0 Å². The van der Waals surface area contributed by atoms with Gasteiger partial charge in [-0.15, -0.1) is 0 Å². The van der Waals surface area contributed by atoms with Crippen molar-refractivity contribution >= 4 is 0 Å². The van der Waals surface area contributed by atoms with Gasteiger partial charge in [0.05, 0.1) is 0 Å². The van der Waals surface area contributed by atoms with Crippen molar-refractivity contribution < 1.29 is 0 Å². The predicted octanol–water partition coefficient (Wildman–Crippen LogP) is 2.59. The molecule has 2 nitrogen and oxygen atoms in total. The molecule has 0 saturated heterocycles. The third-order valence-electron chi connectivity index (χ3n) is 3.81. The summed E-state index contributed by atoms with van der Waals surface area (Å²) in [7, 11) is 2.29. The molecule has 0 aliphatic heterocycles. The van der Waals surface area contributed by atoms with Gasteiger partial charge in [-0.2, -0.15) is 0 Å². The molecule has 2 heteroatoms. The van der Waals surface area contributed by atoms with E-state index in [1.165, 1.54) is 45.3 Å². The molecule has 0 aromatic rings. The molecule has 0 aromatic carbocycles. The summed E-state index contributed by atoms with van der Waals surface area (Å²) in [4.78, 5) is 5.09. The molecule has 15 heavy (non-hydrogen) atoms. The van der Waals surface area contributed by atoms with Crippen molar-refractivity contribution in [1.29, 1.82) is 0 Å². The van der Waals surface area contributed by atoms with E-state index >= 15 is 0 Å². The molecule has 0 radical (unpaired) electrons. The Bertz CT molecular complexity index is 162. The van der Waals surface area contributed by atoms with Gasteiger partial charge in [0.1, 0.15) is 0 Å². The first kappa shape index (κ1) is 13.0. The minimum atomic E-state index is 0.771. The van der Waals surface area contributed by atoms with E-state index in [1.54, 1.807) is 0 Å². The van der Waals surface area contributed by atoms with E-state index < -0.39 is 0 Å². The topological polar surface area (TPSA) is 6.48 Å². The molecule has 90 valence electrons. The van der Waals surface area contributed by atoms with E-state index in [-0.39, 0.29) is 0 Å². The van der Waals surface area contributed by atoms with E-state index in [0.29, 0.717) is 0 Å². The van der Waals surface area contributed by atoms with E-state index in [0.717, 1.165) is 12.1 Å². The van der Waals surface area contributed by atoms with Gasteiger partial charge >= 0.3 is 0 Å². The Morgan fingerprint density at radius 3 is 2.27 bits per heavy atom. The van der Waals surface area contributed by atoms with Gasteiger partial charge in [0.15, 0.2) is 0 Å². The quantitative estimate of drug-likeness (QED) is 0.610. The van der Waals surface area contributed by atoms with E-state index in [1.807, 2.05) is 0 Å². The number of rotatable bonds is 8. The Balaban J connectivity index is 2.07. The van der Waals surface area contributed by atoms with Crippen LogP contribution in [0, 0.1) is 0 Å². The fraction of sp³-hybridized carbons (Fsp3) is 1.00. The van der Waals surface area contributed by atoms with Crippen LogP contribution in [0.15, 0.2) is 0 Å². The van der Waals surface area contributed by atoms with E-state index in [2.05, 4.69) is 37.6 Å². The molecule has 0 amide bonds. The lowest BCUT2D eigenvalue weighted by molar-refractivity contribution is 0.218. The summed E-state index contributed by atoms with van der Waals surface area (Å²) in [6, 6.07) is 1.68. The Morgan fingerprint density at radius 1 is 1.20 bits per heavy atom. The second-order valence-electron chi connectivity index (χ2n) is 4.91. The van der Waals surface area contributed by atoms with Gasteiger partial charge in [0, 0.05) is 12.1 Å². The van der Waals surface area contributed by atoms with Crippen molar-refractivity contribution in [3.63, 3.8) is 0 Å². The minimum absolute atomic E-state index is 0.771. The molecule has 0 aromatic heterocycles. The molecule has 1 saturated carbocycles. The van der Waals surface area contributed by atoms with Gasteiger partial charge < -0.3 is 9.80 Å². The second kappa shape index (κ2) is 6.49. The summed E-state index contributed by atoms with van der Waals surface area (Å²) in [5, 5.41) is 0. The lowest BCUT2D eigenvalue weighted by Gasteiger charge is -2.25. The number of hydrogen-bond donors (Lipinski definition) is 0. The Labute approximate surface area is 95.6 Å². The summed E-state index contributed by atoms with van der Waals surface area (Å²) < 4.78 is 0. The summed E-state index contributed by atoms with van der Waals surface area (Å²) >= 11 is 0. The molecule has 0 bridgehead atoms. The minimum Gasteiger partial charge on any atom is -0.304 e. The fourth-order valence-corrected chi connectivity index (χ4v) is 2.20. The van der Waals surface area contributed by atoms with Crippen molar-refractivity contribution in [3.05, 3.63) is 0 Å². The third-order valence-corrected chi connectivity index (χ3v) is 3.81. The molecule has 0 spiro atoms. The maximum absolute atomic E-state index is 2.57. The monoisotopic (exact) mass is 212 g/mol. The molecule has 1 aliphatic rings. The molecule has 0 N–H and O–H groups in total. The van der Waals surface area contributed by atoms with Crippen LogP contribution in [0.4, 0.5) is 0 Å². The van der Waals surface area contributed by atoms with Crippen LogP contribution in [0.1, 0.15) is 46.5 Å². The first-order valence-corrected chi connectivity index (χ1v) is 6.63. The average Bonchev–Trinajstić information content (AvgIpc) is 3.06. The van der Waals surface area contributed by atoms with Crippen LogP contribution in [0.5, 0.6) is 0 Å². The molecule has 1 aliphatic carbocycles. The van der Waals surface area contributed by atoms with Gasteiger partial charge in [0.2, 0.25) is 0 Å². The summed E-state index contributed by atoms with van der Waals surface area (Å²) in [5.41, 5.74) is 0. The molecule has 0 heterocycles. The third kappa shape index (κ3) is 4.52. The van der Waals surface area contributed by atoms with Crippen LogP contribution in [-0.2, 0) is 0 Å². The Morgan fingerprint density at radius 2 is 1.80 bits per heavy atom. The molecule has 1 fully saturated rings. The smallest absolute Gasteiger partial charge is 0.00961 e. The zero-order valence-electron chi connectivity index (χ0n) is 11.0. The predicted molar refractivity (Wildman–Crippen MR) is 67.3 cm³/mol.